The number of allylic oxidation sites excluding steroid dienone is 3. The maximum absolute atomic E-state index is 11.9. The lowest BCUT2D eigenvalue weighted by Crippen LogP contribution is -2.48. The van der Waals surface area contributed by atoms with Gasteiger partial charge in [-0.05, 0) is 73.7 Å². The second-order valence-electron chi connectivity index (χ2n) is 10.2. The number of ether oxygens (including phenoxy) is 2. The number of anilines is 1. The Morgan fingerprint density at radius 1 is 1.23 bits per heavy atom. The summed E-state index contributed by atoms with van der Waals surface area (Å²) < 4.78 is 11.4. The van der Waals surface area contributed by atoms with Crippen molar-refractivity contribution in [3.63, 3.8) is 0 Å². The molecular weight excluding hydrogens is 444 g/mol. The smallest absolute Gasteiger partial charge is 0.335 e. The molecule has 0 spiro atoms. The summed E-state index contributed by atoms with van der Waals surface area (Å²) in [6.07, 6.45) is 9.81. The molecule has 1 saturated heterocycles. The minimum atomic E-state index is -0.983. The van der Waals surface area contributed by atoms with Crippen molar-refractivity contribution in [3.05, 3.63) is 66.0 Å². The Morgan fingerprint density at radius 2 is 1.91 bits per heavy atom. The molecule has 1 N–H and O–H groups in total. The van der Waals surface area contributed by atoms with Crippen LogP contribution in [0.5, 0.6) is 0 Å². The fourth-order valence-electron chi connectivity index (χ4n) is 4.97. The van der Waals surface area contributed by atoms with E-state index < -0.39 is 5.97 Å². The van der Waals surface area contributed by atoms with Crippen LogP contribution in [0.4, 0.5) is 5.69 Å². The molecule has 2 aliphatic rings. The minimum Gasteiger partial charge on any atom is -0.493 e. The third kappa shape index (κ3) is 6.61. The zero-order chi connectivity index (χ0) is 25.5. The molecular formula is C28H38N2O5. The zero-order valence-electron chi connectivity index (χ0n) is 21.2. The van der Waals surface area contributed by atoms with Gasteiger partial charge in [0.2, 0.25) is 6.41 Å². The molecule has 0 aliphatic carbocycles. The molecule has 1 aromatic rings. The van der Waals surface area contributed by atoms with E-state index in [2.05, 4.69) is 37.5 Å². The number of carbonyl (C=O) groups excluding carboxylic acids is 1. The summed E-state index contributed by atoms with van der Waals surface area (Å²) in [5, 5.41) is 9.13. The molecule has 2 heterocycles. The van der Waals surface area contributed by atoms with Gasteiger partial charge in [0.15, 0.2) is 0 Å². The number of likely N-dealkylation sites (tertiary alicyclic amines) is 1. The van der Waals surface area contributed by atoms with E-state index in [0.29, 0.717) is 18.8 Å². The van der Waals surface area contributed by atoms with Gasteiger partial charge in [0, 0.05) is 31.3 Å². The van der Waals surface area contributed by atoms with Crippen molar-refractivity contribution in [1.82, 2.24) is 4.90 Å². The van der Waals surface area contributed by atoms with Crippen LogP contribution in [0.15, 0.2) is 60.4 Å². The van der Waals surface area contributed by atoms with Gasteiger partial charge in [-0.3, -0.25) is 9.69 Å². The van der Waals surface area contributed by atoms with Gasteiger partial charge < -0.3 is 19.5 Å². The van der Waals surface area contributed by atoms with E-state index in [0.717, 1.165) is 57.7 Å². The van der Waals surface area contributed by atoms with E-state index in [9.17, 15) is 9.59 Å². The Morgan fingerprint density at radius 3 is 2.49 bits per heavy atom. The predicted octanol–water partition coefficient (Wildman–Crippen LogP) is 4.52. The first-order valence-electron chi connectivity index (χ1n) is 12.2. The van der Waals surface area contributed by atoms with Gasteiger partial charge in [-0.25, -0.2) is 4.79 Å². The standard InChI is InChI=1S/C28H38N2O5/c1-5-25-24(27(2,3)14-18-35-25)7-6-15-29-16-12-28(13-17-29,20-34-4)19-30(21-31)23-10-8-22(9-11-23)26(32)33/h5-11,21H,1,12-20H2,2-4H3,(H,32,33)/b7-6+. The highest BCUT2D eigenvalue weighted by molar-refractivity contribution is 5.88. The summed E-state index contributed by atoms with van der Waals surface area (Å²) in [5.41, 5.74) is 1.99. The summed E-state index contributed by atoms with van der Waals surface area (Å²) in [6, 6.07) is 6.41. The molecule has 0 bridgehead atoms. The number of nitrogens with zero attached hydrogens (tertiary/aromatic N) is 2. The Balaban J connectivity index is 1.63. The summed E-state index contributed by atoms with van der Waals surface area (Å²) in [7, 11) is 1.70. The number of carbonyl (C=O) groups is 2. The molecule has 1 aromatic carbocycles. The normalized spacial score (nSPS) is 19.9. The van der Waals surface area contributed by atoms with Gasteiger partial charge in [0.1, 0.15) is 5.76 Å². The van der Waals surface area contributed by atoms with Crippen molar-refractivity contribution in [1.29, 1.82) is 0 Å². The monoisotopic (exact) mass is 482 g/mol. The number of rotatable bonds is 11. The first-order chi connectivity index (χ1) is 16.7. The first-order valence-corrected chi connectivity index (χ1v) is 12.2. The van der Waals surface area contributed by atoms with Crippen LogP contribution in [-0.4, -0.2) is 68.9 Å². The first kappa shape index (κ1) is 26.7. The number of aromatic carboxylic acids is 1. The lowest BCUT2D eigenvalue weighted by molar-refractivity contribution is -0.108. The van der Waals surface area contributed by atoms with Gasteiger partial charge in [0.05, 0.1) is 18.8 Å². The topological polar surface area (TPSA) is 79.3 Å². The van der Waals surface area contributed by atoms with Gasteiger partial charge in [0.25, 0.3) is 0 Å². The third-order valence-corrected chi connectivity index (χ3v) is 7.26. The SMILES string of the molecule is C=CC1=C(/C=C/CN2CCC(COC)(CN(C=O)c3ccc(C(=O)O)cc3)CC2)C(C)(C)CCO1. The third-order valence-electron chi connectivity index (χ3n) is 7.26. The van der Waals surface area contributed by atoms with Crippen molar-refractivity contribution >= 4 is 18.1 Å². The molecule has 3 rings (SSSR count). The van der Waals surface area contributed by atoms with Crippen LogP contribution < -0.4 is 4.90 Å². The van der Waals surface area contributed by atoms with Crippen molar-refractivity contribution in [2.45, 2.75) is 33.1 Å². The van der Waals surface area contributed by atoms with Crippen LogP contribution in [0.1, 0.15) is 43.5 Å². The van der Waals surface area contributed by atoms with E-state index in [1.54, 1.807) is 30.2 Å². The highest BCUT2D eigenvalue weighted by Gasteiger charge is 2.36. The molecule has 190 valence electrons. The predicted molar refractivity (Wildman–Crippen MR) is 138 cm³/mol. The van der Waals surface area contributed by atoms with E-state index in [1.165, 1.54) is 17.7 Å². The Hall–Kier alpha value is -2.90. The molecule has 0 aromatic heterocycles. The number of hydrogen-bond acceptors (Lipinski definition) is 5. The molecule has 0 radical (unpaired) electrons. The van der Waals surface area contributed by atoms with E-state index in [4.69, 9.17) is 14.6 Å². The molecule has 2 aliphatic heterocycles. The second kappa shape index (κ2) is 11.7. The number of hydrogen-bond donors (Lipinski definition) is 1. The molecule has 0 saturated carbocycles. The van der Waals surface area contributed by atoms with Gasteiger partial charge in [-0.15, -0.1) is 0 Å². The number of methoxy groups -OCH3 is 1. The number of amides is 1. The van der Waals surface area contributed by atoms with Crippen LogP contribution in [0, 0.1) is 10.8 Å². The Kier molecular flexibility index (Phi) is 8.92. The summed E-state index contributed by atoms with van der Waals surface area (Å²) in [4.78, 5) is 27.2. The molecule has 0 unspecified atom stereocenters. The fourth-order valence-corrected chi connectivity index (χ4v) is 4.97. The highest BCUT2D eigenvalue weighted by atomic mass is 16.5. The van der Waals surface area contributed by atoms with E-state index >= 15 is 0 Å². The van der Waals surface area contributed by atoms with Crippen molar-refractivity contribution in [2.75, 3.05) is 51.4 Å². The maximum Gasteiger partial charge on any atom is 0.335 e. The van der Waals surface area contributed by atoms with Crippen LogP contribution in [0.3, 0.4) is 0 Å². The Labute approximate surface area is 208 Å². The van der Waals surface area contributed by atoms with E-state index in [-0.39, 0.29) is 16.4 Å². The summed E-state index contributed by atoms with van der Waals surface area (Å²) in [5.74, 6) is -0.108. The maximum atomic E-state index is 11.9. The van der Waals surface area contributed by atoms with Crippen molar-refractivity contribution < 1.29 is 24.2 Å². The molecule has 0 atom stereocenters. The van der Waals surface area contributed by atoms with Crippen LogP contribution in [-0.2, 0) is 14.3 Å². The zero-order valence-corrected chi connectivity index (χ0v) is 21.2. The van der Waals surface area contributed by atoms with E-state index in [1.807, 2.05) is 0 Å². The quantitative estimate of drug-likeness (QED) is 0.467. The van der Waals surface area contributed by atoms with Crippen molar-refractivity contribution in [3.8, 4) is 0 Å². The molecule has 1 amide bonds. The molecule has 35 heavy (non-hydrogen) atoms. The lowest BCUT2D eigenvalue weighted by Gasteiger charge is -2.43. The van der Waals surface area contributed by atoms with Crippen LogP contribution in [0.25, 0.3) is 0 Å². The minimum absolute atomic E-state index is 0.0642. The Bertz CT molecular complexity index is 956. The average molecular weight is 483 g/mol. The molecule has 7 heteroatoms. The van der Waals surface area contributed by atoms with Gasteiger partial charge in [-0.1, -0.05) is 32.6 Å². The average Bonchev–Trinajstić information content (AvgIpc) is 2.84. The number of carboxylic acid groups (broad SMARTS) is 1. The lowest BCUT2D eigenvalue weighted by atomic mass is 9.78. The number of benzene rings is 1. The fraction of sp³-hybridized carbons (Fsp3) is 0.500. The second-order valence-corrected chi connectivity index (χ2v) is 10.2. The summed E-state index contributed by atoms with van der Waals surface area (Å²) in [6.45, 7) is 12.9. The largest absolute Gasteiger partial charge is 0.493 e. The van der Waals surface area contributed by atoms with Crippen LogP contribution in [0.2, 0.25) is 0 Å². The summed E-state index contributed by atoms with van der Waals surface area (Å²) >= 11 is 0. The van der Waals surface area contributed by atoms with Crippen molar-refractivity contribution in [2.24, 2.45) is 10.8 Å². The highest BCUT2D eigenvalue weighted by Crippen LogP contribution is 2.38. The van der Waals surface area contributed by atoms with Gasteiger partial charge >= 0.3 is 5.97 Å². The van der Waals surface area contributed by atoms with Crippen LogP contribution >= 0.6 is 0 Å². The molecule has 1 fully saturated rings. The van der Waals surface area contributed by atoms with Gasteiger partial charge in [-0.2, -0.15) is 0 Å². The number of carboxylic acids is 1. The molecule has 7 nitrogen and oxygen atoms in total. The number of piperidine rings is 1.